The standard InChI is InChI=1S/C19H26N2/c1-14-6-5-7-17(10-14)13-21(4)19(12-20)18-11-15(2)8-9-16(18)3/h5-11,19H,12-13,20H2,1-4H3. The number of likely N-dealkylation sites (N-methyl/N-ethyl adjacent to an activating group) is 1. The molecule has 0 saturated heterocycles. The molecule has 0 aromatic heterocycles. The van der Waals surface area contributed by atoms with Gasteiger partial charge in [-0.15, -0.1) is 0 Å². The van der Waals surface area contributed by atoms with E-state index in [-0.39, 0.29) is 6.04 Å². The molecule has 2 aromatic rings. The van der Waals surface area contributed by atoms with Crippen LogP contribution in [0.25, 0.3) is 0 Å². The van der Waals surface area contributed by atoms with Gasteiger partial charge in [-0.25, -0.2) is 0 Å². The number of nitrogens with two attached hydrogens (primary N) is 1. The topological polar surface area (TPSA) is 29.3 Å². The molecule has 2 N–H and O–H groups in total. The lowest BCUT2D eigenvalue weighted by atomic mass is 9.97. The van der Waals surface area contributed by atoms with Crippen molar-refractivity contribution in [3.8, 4) is 0 Å². The van der Waals surface area contributed by atoms with Crippen molar-refractivity contribution in [2.24, 2.45) is 5.73 Å². The summed E-state index contributed by atoms with van der Waals surface area (Å²) in [6, 6.07) is 15.5. The monoisotopic (exact) mass is 282 g/mol. The summed E-state index contributed by atoms with van der Waals surface area (Å²) >= 11 is 0. The lowest BCUT2D eigenvalue weighted by Crippen LogP contribution is -2.30. The molecule has 0 bridgehead atoms. The van der Waals surface area contributed by atoms with Crippen LogP contribution >= 0.6 is 0 Å². The van der Waals surface area contributed by atoms with Crippen molar-refractivity contribution in [1.82, 2.24) is 4.90 Å². The Bertz CT molecular complexity index is 604. The first-order valence-electron chi connectivity index (χ1n) is 7.54. The minimum atomic E-state index is 0.255. The third kappa shape index (κ3) is 3.93. The SMILES string of the molecule is Cc1cccc(CN(C)C(CN)c2cc(C)ccc2C)c1. The molecule has 2 nitrogen and oxygen atoms in total. The molecule has 0 spiro atoms. The van der Waals surface area contributed by atoms with Gasteiger partial charge >= 0.3 is 0 Å². The summed E-state index contributed by atoms with van der Waals surface area (Å²) in [7, 11) is 2.15. The Morgan fingerprint density at radius 1 is 1.00 bits per heavy atom. The molecule has 0 saturated carbocycles. The van der Waals surface area contributed by atoms with Crippen LogP contribution in [0.4, 0.5) is 0 Å². The zero-order valence-corrected chi connectivity index (χ0v) is 13.6. The fraction of sp³-hybridized carbons (Fsp3) is 0.368. The van der Waals surface area contributed by atoms with Crippen LogP contribution in [0.3, 0.4) is 0 Å². The fourth-order valence-corrected chi connectivity index (χ4v) is 2.87. The number of nitrogens with zero attached hydrogens (tertiary/aromatic N) is 1. The molecule has 0 aliphatic heterocycles. The Kier molecular flexibility index (Phi) is 5.16. The van der Waals surface area contributed by atoms with Crippen LogP contribution < -0.4 is 5.73 Å². The Hall–Kier alpha value is -1.64. The van der Waals surface area contributed by atoms with E-state index in [4.69, 9.17) is 5.73 Å². The fourth-order valence-electron chi connectivity index (χ4n) is 2.87. The number of aryl methyl sites for hydroxylation is 3. The molecule has 112 valence electrons. The normalized spacial score (nSPS) is 12.7. The van der Waals surface area contributed by atoms with E-state index in [0.717, 1.165) is 6.54 Å². The van der Waals surface area contributed by atoms with Gasteiger partial charge in [0.2, 0.25) is 0 Å². The number of hydrogen-bond acceptors (Lipinski definition) is 2. The largest absolute Gasteiger partial charge is 0.329 e. The van der Waals surface area contributed by atoms with Gasteiger partial charge in [-0.3, -0.25) is 4.90 Å². The summed E-state index contributed by atoms with van der Waals surface area (Å²) in [5.74, 6) is 0. The first-order chi connectivity index (χ1) is 10.0. The van der Waals surface area contributed by atoms with E-state index in [1.807, 2.05) is 0 Å². The Balaban J connectivity index is 2.22. The van der Waals surface area contributed by atoms with E-state index in [1.165, 1.54) is 27.8 Å². The highest BCUT2D eigenvalue weighted by molar-refractivity contribution is 5.33. The second kappa shape index (κ2) is 6.88. The molecule has 0 fully saturated rings. The van der Waals surface area contributed by atoms with Gasteiger partial charge in [0.1, 0.15) is 0 Å². The van der Waals surface area contributed by atoms with Crippen LogP contribution in [0.2, 0.25) is 0 Å². The van der Waals surface area contributed by atoms with Gasteiger partial charge in [0, 0.05) is 19.1 Å². The van der Waals surface area contributed by atoms with Gasteiger partial charge in [-0.1, -0.05) is 53.6 Å². The zero-order chi connectivity index (χ0) is 15.4. The van der Waals surface area contributed by atoms with E-state index < -0.39 is 0 Å². The third-order valence-electron chi connectivity index (χ3n) is 4.06. The highest BCUT2D eigenvalue weighted by atomic mass is 15.1. The van der Waals surface area contributed by atoms with Gasteiger partial charge in [-0.05, 0) is 44.5 Å². The van der Waals surface area contributed by atoms with E-state index in [0.29, 0.717) is 6.54 Å². The first-order valence-corrected chi connectivity index (χ1v) is 7.54. The maximum Gasteiger partial charge on any atom is 0.0473 e. The van der Waals surface area contributed by atoms with Crippen molar-refractivity contribution in [2.45, 2.75) is 33.4 Å². The van der Waals surface area contributed by atoms with E-state index >= 15 is 0 Å². The molecular weight excluding hydrogens is 256 g/mol. The average Bonchev–Trinajstić information content (AvgIpc) is 2.43. The molecule has 21 heavy (non-hydrogen) atoms. The predicted octanol–water partition coefficient (Wildman–Crippen LogP) is 3.74. The highest BCUT2D eigenvalue weighted by Crippen LogP contribution is 2.24. The first kappa shape index (κ1) is 15.7. The second-order valence-electron chi connectivity index (χ2n) is 6.02. The van der Waals surface area contributed by atoms with Gasteiger partial charge in [0.25, 0.3) is 0 Å². The third-order valence-corrected chi connectivity index (χ3v) is 4.06. The lowest BCUT2D eigenvalue weighted by Gasteiger charge is -2.29. The van der Waals surface area contributed by atoms with Crippen LogP contribution in [0, 0.1) is 20.8 Å². The van der Waals surface area contributed by atoms with Gasteiger partial charge in [0.15, 0.2) is 0 Å². The summed E-state index contributed by atoms with van der Waals surface area (Å²) in [5.41, 5.74) is 12.6. The molecule has 2 rings (SSSR count). The Labute approximate surface area is 128 Å². The maximum absolute atomic E-state index is 6.07. The quantitative estimate of drug-likeness (QED) is 0.905. The van der Waals surface area contributed by atoms with Crippen molar-refractivity contribution in [3.05, 3.63) is 70.3 Å². The van der Waals surface area contributed by atoms with Crippen molar-refractivity contribution in [3.63, 3.8) is 0 Å². The van der Waals surface area contributed by atoms with Gasteiger partial charge in [-0.2, -0.15) is 0 Å². The summed E-state index contributed by atoms with van der Waals surface area (Å²) in [5, 5.41) is 0. The van der Waals surface area contributed by atoms with Crippen LogP contribution in [0.5, 0.6) is 0 Å². The van der Waals surface area contributed by atoms with Gasteiger partial charge < -0.3 is 5.73 Å². The lowest BCUT2D eigenvalue weighted by molar-refractivity contribution is 0.241. The summed E-state index contributed by atoms with van der Waals surface area (Å²) in [4.78, 5) is 2.34. The predicted molar refractivity (Wildman–Crippen MR) is 90.4 cm³/mol. The Morgan fingerprint density at radius 2 is 1.71 bits per heavy atom. The number of rotatable bonds is 5. The number of benzene rings is 2. The van der Waals surface area contributed by atoms with Crippen molar-refractivity contribution in [1.29, 1.82) is 0 Å². The minimum Gasteiger partial charge on any atom is -0.329 e. The van der Waals surface area contributed by atoms with Crippen LogP contribution in [-0.4, -0.2) is 18.5 Å². The molecule has 2 aromatic carbocycles. The molecule has 0 radical (unpaired) electrons. The van der Waals surface area contributed by atoms with Crippen molar-refractivity contribution in [2.75, 3.05) is 13.6 Å². The highest BCUT2D eigenvalue weighted by Gasteiger charge is 2.17. The van der Waals surface area contributed by atoms with Crippen LogP contribution in [0.15, 0.2) is 42.5 Å². The van der Waals surface area contributed by atoms with Crippen LogP contribution in [0.1, 0.15) is 33.9 Å². The molecule has 0 aliphatic rings. The van der Waals surface area contributed by atoms with E-state index in [1.54, 1.807) is 0 Å². The van der Waals surface area contributed by atoms with Crippen molar-refractivity contribution < 1.29 is 0 Å². The molecule has 0 aliphatic carbocycles. The molecule has 0 heterocycles. The molecule has 1 unspecified atom stereocenters. The van der Waals surface area contributed by atoms with Crippen molar-refractivity contribution >= 4 is 0 Å². The molecule has 2 heteroatoms. The van der Waals surface area contributed by atoms with Gasteiger partial charge in [0.05, 0.1) is 0 Å². The summed E-state index contributed by atoms with van der Waals surface area (Å²) in [6.45, 7) is 7.98. The van der Waals surface area contributed by atoms with E-state index in [2.05, 4.69) is 75.2 Å². The second-order valence-corrected chi connectivity index (χ2v) is 6.02. The smallest absolute Gasteiger partial charge is 0.0473 e. The summed E-state index contributed by atoms with van der Waals surface area (Å²) < 4.78 is 0. The molecule has 0 amide bonds. The maximum atomic E-state index is 6.07. The Morgan fingerprint density at radius 3 is 2.38 bits per heavy atom. The minimum absolute atomic E-state index is 0.255. The van der Waals surface area contributed by atoms with E-state index in [9.17, 15) is 0 Å². The molecular formula is C19H26N2. The molecule has 1 atom stereocenters. The summed E-state index contributed by atoms with van der Waals surface area (Å²) in [6.07, 6.45) is 0. The van der Waals surface area contributed by atoms with Crippen LogP contribution in [-0.2, 0) is 6.54 Å². The average molecular weight is 282 g/mol. The number of hydrogen-bond donors (Lipinski definition) is 1. The zero-order valence-electron chi connectivity index (χ0n) is 13.6.